The van der Waals surface area contributed by atoms with E-state index in [4.69, 9.17) is 4.74 Å². The molecule has 1 aliphatic rings. The molecule has 1 aromatic carbocycles. The Morgan fingerprint density at radius 3 is 3.14 bits per heavy atom. The standard InChI is InChI=1S/C12H17NO/c1-2-3-6-10-9-14-12-8-5-4-7-11(12)13-10/h4-5,7-8,10,13H,2-3,6,9H2,1H3. The zero-order chi connectivity index (χ0) is 9.80. The molecule has 14 heavy (non-hydrogen) atoms. The first kappa shape index (κ1) is 9.38. The molecule has 0 saturated carbocycles. The number of unbranched alkanes of at least 4 members (excludes halogenated alkanes) is 1. The molecule has 0 spiro atoms. The summed E-state index contributed by atoms with van der Waals surface area (Å²) in [5.41, 5.74) is 1.14. The van der Waals surface area contributed by atoms with Crippen molar-refractivity contribution >= 4 is 5.69 Å². The van der Waals surface area contributed by atoms with Gasteiger partial charge in [0, 0.05) is 0 Å². The van der Waals surface area contributed by atoms with Gasteiger partial charge in [-0.25, -0.2) is 0 Å². The lowest BCUT2D eigenvalue weighted by molar-refractivity contribution is 0.276. The second-order valence-electron chi connectivity index (χ2n) is 3.79. The Kier molecular flexibility index (Phi) is 2.92. The Morgan fingerprint density at radius 1 is 1.43 bits per heavy atom. The van der Waals surface area contributed by atoms with Crippen molar-refractivity contribution in [3.8, 4) is 5.75 Å². The van der Waals surface area contributed by atoms with E-state index in [9.17, 15) is 0 Å². The lowest BCUT2D eigenvalue weighted by atomic mass is 10.1. The zero-order valence-electron chi connectivity index (χ0n) is 8.62. The van der Waals surface area contributed by atoms with Crippen molar-refractivity contribution in [1.29, 1.82) is 0 Å². The molecule has 2 rings (SSSR count). The van der Waals surface area contributed by atoms with Gasteiger partial charge >= 0.3 is 0 Å². The topological polar surface area (TPSA) is 21.3 Å². The Morgan fingerprint density at radius 2 is 2.29 bits per heavy atom. The van der Waals surface area contributed by atoms with Crippen LogP contribution in [0.3, 0.4) is 0 Å². The van der Waals surface area contributed by atoms with Crippen LogP contribution in [0, 0.1) is 0 Å². The predicted octanol–water partition coefficient (Wildman–Crippen LogP) is 3.05. The molecule has 0 radical (unpaired) electrons. The quantitative estimate of drug-likeness (QED) is 0.792. The number of para-hydroxylation sites is 2. The predicted molar refractivity (Wildman–Crippen MR) is 58.9 cm³/mol. The van der Waals surface area contributed by atoms with Gasteiger partial charge in [-0.2, -0.15) is 0 Å². The van der Waals surface area contributed by atoms with Gasteiger partial charge in [0.1, 0.15) is 12.4 Å². The molecule has 1 unspecified atom stereocenters. The van der Waals surface area contributed by atoms with E-state index in [0.29, 0.717) is 6.04 Å². The van der Waals surface area contributed by atoms with Gasteiger partial charge in [-0.3, -0.25) is 0 Å². The van der Waals surface area contributed by atoms with Gasteiger partial charge in [0.15, 0.2) is 0 Å². The number of hydrogen-bond acceptors (Lipinski definition) is 2. The van der Waals surface area contributed by atoms with E-state index in [1.165, 1.54) is 19.3 Å². The van der Waals surface area contributed by atoms with E-state index in [2.05, 4.69) is 18.3 Å². The third-order valence-corrected chi connectivity index (χ3v) is 2.59. The highest BCUT2D eigenvalue weighted by molar-refractivity contribution is 5.58. The number of ether oxygens (including phenoxy) is 1. The van der Waals surface area contributed by atoms with Gasteiger partial charge in [-0.15, -0.1) is 0 Å². The molecule has 1 heterocycles. The van der Waals surface area contributed by atoms with E-state index in [1.54, 1.807) is 0 Å². The van der Waals surface area contributed by atoms with Crippen LogP contribution in [-0.4, -0.2) is 12.6 Å². The maximum atomic E-state index is 5.67. The lowest BCUT2D eigenvalue weighted by Crippen LogP contribution is -2.31. The minimum Gasteiger partial charge on any atom is -0.489 e. The SMILES string of the molecule is CCCCC1COc2ccccc2N1. The first-order valence-electron chi connectivity index (χ1n) is 5.38. The van der Waals surface area contributed by atoms with E-state index in [-0.39, 0.29) is 0 Å². The minimum atomic E-state index is 0.491. The maximum Gasteiger partial charge on any atom is 0.142 e. The van der Waals surface area contributed by atoms with E-state index in [1.807, 2.05) is 18.2 Å². The fourth-order valence-corrected chi connectivity index (χ4v) is 1.77. The molecule has 0 bridgehead atoms. The van der Waals surface area contributed by atoms with Crippen molar-refractivity contribution < 1.29 is 4.74 Å². The minimum absolute atomic E-state index is 0.491. The lowest BCUT2D eigenvalue weighted by Gasteiger charge is -2.27. The van der Waals surface area contributed by atoms with Crippen LogP contribution < -0.4 is 10.1 Å². The Balaban J connectivity index is 1.99. The van der Waals surface area contributed by atoms with Gasteiger partial charge in [0.25, 0.3) is 0 Å². The molecule has 2 heteroatoms. The number of anilines is 1. The van der Waals surface area contributed by atoms with Gasteiger partial charge in [0.2, 0.25) is 0 Å². The normalized spacial score (nSPS) is 19.4. The summed E-state index contributed by atoms with van der Waals surface area (Å²) in [5, 5.41) is 3.51. The number of fused-ring (bicyclic) bond motifs is 1. The van der Waals surface area contributed by atoms with Crippen LogP contribution in [0.4, 0.5) is 5.69 Å². The molecule has 0 aliphatic carbocycles. The number of rotatable bonds is 3. The van der Waals surface area contributed by atoms with Crippen LogP contribution in [0.1, 0.15) is 26.2 Å². The molecule has 1 aromatic rings. The maximum absolute atomic E-state index is 5.67. The third-order valence-electron chi connectivity index (χ3n) is 2.59. The highest BCUT2D eigenvalue weighted by atomic mass is 16.5. The van der Waals surface area contributed by atoms with Gasteiger partial charge in [-0.05, 0) is 18.6 Å². The number of hydrogen-bond donors (Lipinski definition) is 1. The molecule has 0 fully saturated rings. The molecule has 1 N–H and O–H groups in total. The largest absolute Gasteiger partial charge is 0.489 e. The first-order chi connectivity index (χ1) is 6.90. The summed E-state index contributed by atoms with van der Waals surface area (Å²) in [7, 11) is 0. The third kappa shape index (κ3) is 2.00. The van der Waals surface area contributed by atoms with Crippen LogP contribution >= 0.6 is 0 Å². The first-order valence-corrected chi connectivity index (χ1v) is 5.38. The molecule has 1 atom stereocenters. The van der Waals surface area contributed by atoms with Gasteiger partial charge in [-0.1, -0.05) is 31.9 Å². The zero-order valence-corrected chi connectivity index (χ0v) is 8.62. The molecule has 76 valence electrons. The molecule has 0 amide bonds. The highest BCUT2D eigenvalue weighted by Gasteiger charge is 2.16. The van der Waals surface area contributed by atoms with Crippen molar-refractivity contribution in [1.82, 2.24) is 0 Å². The van der Waals surface area contributed by atoms with Crippen molar-refractivity contribution in [2.24, 2.45) is 0 Å². The fourth-order valence-electron chi connectivity index (χ4n) is 1.77. The average molecular weight is 191 g/mol. The molecule has 0 aromatic heterocycles. The van der Waals surface area contributed by atoms with Crippen molar-refractivity contribution in [3.05, 3.63) is 24.3 Å². The van der Waals surface area contributed by atoms with E-state index >= 15 is 0 Å². The van der Waals surface area contributed by atoms with Crippen LogP contribution in [0.2, 0.25) is 0 Å². The summed E-state index contributed by atoms with van der Waals surface area (Å²) in [6.45, 7) is 3.02. The van der Waals surface area contributed by atoms with Crippen molar-refractivity contribution in [2.75, 3.05) is 11.9 Å². The van der Waals surface area contributed by atoms with Crippen molar-refractivity contribution in [3.63, 3.8) is 0 Å². The molecular formula is C12H17NO. The summed E-state index contributed by atoms with van der Waals surface area (Å²) in [4.78, 5) is 0. The summed E-state index contributed by atoms with van der Waals surface area (Å²) in [6.07, 6.45) is 3.72. The van der Waals surface area contributed by atoms with Crippen LogP contribution in [0.25, 0.3) is 0 Å². The second kappa shape index (κ2) is 4.36. The highest BCUT2D eigenvalue weighted by Crippen LogP contribution is 2.28. The molecular weight excluding hydrogens is 174 g/mol. The van der Waals surface area contributed by atoms with Gasteiger partial charge < -0.3 is 10.1 Å². The molecule has 1 aliphatic heterocycles. The summed E-state index contributed by atoms with van der Waals surface area (Å²) >= 11 is 0. The summed E-state index contributed by atoms with van der Waals surface area (Å²) in [5.74, 6) is 0.986. The van der Waals surface area contributed by atoms with Crippen LogP contribution in [0.5, 0.6) is 5.75 Å². The summed E-state index contributed by atoms with van der Waals surface area (Å²) < 4.78 is 5.67. The molecule has 2 nitrogen and oxygen atoms in total. The van der Waals surface area contributed by atoms with E-state index < -0.39 is 0 Å². The van der Waals surface area contributed by atoms with Crippen molar-refractivity contribution in [2.45, 2.75) is 32.2 Å². The average Bonchev–Trinajstić information content (AvgIpc) is 2.26. The fraction of sp³-hybridized carbons (Fsp3) is 0.500. The molecule has 0 saturated heterocycles. The summed E-state index contributed by atoms with van der Waals surface area (Å²) in [6, 6.07) is 8.63. The second-order valence-corrected chi connectivity index (χ2v) is 3.79. The monoisotopic (exact) mass is 191 g/mol. The van der Waals surface area contributed by atoms with Crippen LogP contribution in [0.15, 0.2) is 24.3 Å². The Hall–Kier alpha value is -1.18. The number of benzene rings is 1. The Bertz CT molecular complexity index is 298. The smallest absolute Gasteiger partial charge is 0.142 e. The Labute approximate surface area is 85.3 Å². The van der Waals surface area contributed by atoms with Gasteiger partial charge in [0.05, 0.1) is 11.7 Å². The van der Waals surface area contributed by atoms with E-state index in [0.717, 1.165) is 18.0 Å². The van der Waals surface area contributed by atoms with Crippen LogP contribution in [-0.2, 0) is 0 Å². The number of nitrogens with one attached hydrogen (secondary N) is 1.